The first-order chi connectivity index (χ1) is 8.09. The third-order valence-electron chi connectivity index (χ3n) is 4.77. The van der Waals surface area contributed by atoms with E-state index >= 15 is 0 Å². The molecule has 0 amide bonds. The fraction of sp³-hybridized carbons (Fsp3) is 0.929. The molecule has 0 aromatic carbocycles. The highest BCUT2D eigenvalue weighted by Gasteiger charge is 2.40. The Hall–Kier alpha value is -0.570. The summed E-state index contributed by atoms with van der Waals surface area (Å²) in [6.07, 6.45) is 5.78. The summed E-state index contributed by atoms with van der Waals surface area (Å²) in [5, 5.41) is 9.12. The Labute approximate surface area is 104 Å². The van der Waals surface area contributed by atoms with Crippen molar-refractivity contribution in [3.63, 3.8) is 0 Å². The van der Waals surface area contributed by atoms with Crippen molar-refractivity contribution in [2.45, 2.75) is 52.0 Å². The summed E-state index contributed by atoms with van der Waals surface area (Å²) in [4.78, 5) is 13.5. The third kappa shape index (κ3) is 2.82. The molecule has 1 saturated heterocycles. The molecular weight excluding hydrogens is 214 g/mol. The van der Waals surface area contributed by atoms with E-state index in [1.54, 1.807) is 0 Å². The zero-order valence-electron chi connectivity index (χ0n) is 11.1. The first-order valence-corrected chi connectivity index (χ1v) is 7.06. The summed E-state index contributed by atoms with van der Waals surface area (Å²) in [6, 6.07) is 0.332. The van der Waals surface area contributed by atoms with Crippen molar-refractivity contribution < 1.29 is 9.90 Å². The van der Waals surface area contributed by atoms with E-state index in [2.05, 4.69) is 18.7 Å². The summed E-state index contributed by atoms with van der Waals surface area (Å²) in [7, 11) is 0. The number of nitrogens with zero attached hydrogens (tertiary/aromatic N) is 1. The second-order valence-corrected chi connectivity index (χ2v) is 6.06. The van der Waals surface area contributed by atoms with Crippen LogP contribution in [-0.4, -0.2) is 35.1 Å². The summed E-state index contributed by atoms with van der Waals surface area (Å²) >= 11 is 0. The number of aliphatic carboxylic acids is 1. The van der Waals surface area contributed by atoms with E-state index in [0.717, 1.165) is 37.8 Å². The SMILES string of the molecule is CC(C)C1CCCN(C2CCC2C(=O)O)CC1. The van der Waals surface area contributed by atoms with Crippen LogP contribution in [0.5, 0.6) is 0 Å². The van der Waals surface area contributed by atoms with Gasteiger partial charge in [-0.2, -0.15) is 0 Å². The molecule has 2 rings (SSSR count). The number of likely N-dealkylation sites (tertiary alicyclic amines) is 1. The van der Waals surface area contributed by atoms with Crippen molar-refractivity contribution in [2.24, 2.45) is 17.8 Å². The number of carboxylic acid groups (broad SMARTS) is 1. The van der Waals surface area contributed by atoms with Crippen molar-refractivity contribution in [1.82, 2.24) is 4.90 Å². The van der Waals surface area contributed by atoms with Crippen LogP contribution in [0.2, 0.25) is 0 Å². The molecule has 0 aromatic heterocycles. The molecule has 3 heteroatoms. The third-order valence-corrected chi connectivity index (χ3v) is 4.77. The molecule has 1 saturated carbocycles. The Kier molecular flexibility index (Phi) is 4.08. The monoisotopic (exact) mass is 239 g/mol. The standard InChI is InChI=1S/C14H25NO2/c1-10(2)11-4-3-8-15(9-7-11)13-6-5-12(13)14(16)17/h10-13H,3-9H2,1-2H3,(H,16,17). The molecule has 3 atom stereocenters. The van der Waals surface area contributed by atoms with Crippen LogP contribution in [0.3, 0.4) is 0 Å². The van der Waals surface area contributed by atoms with E-state index in [9.17, 15) is 4.79 Å². The highest BCUT2D eigenvalue weighted by Crippen LogP contribution is 2.35. The molecular formula is C14H25NO2. The van der Waals surface area contributed by atoms with Gasteiger partial charge in [-0.05, 0) is 57.0 Å². The number of carbonyl (C=O) groups is 1. The zero-order chi connectivity index (χ0) is 12.4. The lowest BCUT2D eigenvalue weighted by Gasteiger charge is -2.42. The van der Waals surface area contributed by atoms with Crippen LogP contribution >= 0.6 is 0 Å². The Bertz CT molecular complexity index is 277. The van der Waals surface area contributed by atoms with Gasteiger partial charge in [-0.3, -0.25) is 9.69 Å². The number of rotatable bonds is 3. The topological polar surface area (TPSA) is 40.5 Å². The normalized spacial score (nSPS) is 35.4. The number of hydrogen-bond acceptors (Lipinski definition) is 2. The summed E-state index contributed by atoms with van der Waals surface area (Å²) in [5.74, 6) is 0.923. The highest BCUT2D eigenvalue weighted by molar-refractivity contribution is 5.72. The van der Waals surface area contributed by atoms with Crippen LogP contribution in [0.1, 0.15) is 46.0 Å². The summed E-state index contributed by atoms with van der Waals surface area (Å²) in [5.41, 5.74) is 0. The lowest BCUT2D eigenvalue weighted by molar-refractivity contribution is -0.148. The van der Waals surface area contributed by atoms with E-state index in [-0.39, 0.29) is 5.92 Å². The smallest absolute Gasteiger partial charge is 0.308 e. The molecule has 0 radical (unpaired) electrons. The average Bonchev–Trinajstić information content (AvgIpc) is 2.40. The Morgan fingerprint density at radius 1 is 1.18 bits per heavy atom. The van der Waals surface area contributed by atoms with Crippen LogP contribution in [0.15, 0.2) is 0 Å². The van der Waals surface area contributed by atoms with Crippen molar-refractivity contribution in [2.75, 3.05) is 13.1 Å². The van der Waals surface area contributed by atoms with Gasteiger partial charge in [0.1, 0.15) is 0 Å². The lowest BCUT2D eigenvalue weighted by atomic mass is 9.78. The molecule has 1 heterocycles. The molecule has 2 fully saturated rings. The maximum atomic E-state index is 11.1. The van der Waals surface area contributed by atoms with Crippen LogP contribution in [-0.2, 0) is 4.79 Å². The van der Waals surface area contributed by atoms with Crippen LogP contribution < -0.4 is 0 Å². The quantitative estimate of drug-likeness (QED) is 0.823. The fourth-order valence-electron chi connectivity index (χ4n) is 3.35. The first kappa shape index (κ1) is 12.9. The molecule has 0 spiro atoms. The van der Waals surface area contributed by atoms with Crippen molar-refractivity contribution in [3.05, 3.63) is 0 Å². The minimum atomic E-state index is -0.592. The molecule has 1 aliphatic heterocycles. The van der Waals surface area contributed by atoms with Gasteiger partial charge < -0.3 is 5.11 Å². The molecule has 2 aliphatic rings. The van der Waals surface area contributed by atoms with E-state index in [0.29, 0.717) is 6.04 Å². The largest absolute Gasteiger partial charge is 0.481 e. The maximum absolute atomic E-state index is 11.1. The van der Waals surface area contributed by atoms with Crippen molar-refractivity contribution in [1.29, 1.82) is 0 Å². The van der Waals surface area contributed by atoms with Gasteiger partial charge in [0, 0.05) is 6.04 Å². The summed E-state index contributed by atoms with van der Waals surface area (Å²) in [6.45, 7) is 6.84. The second kappa shape index (κ2) is 5.38. The van der Waals surface area contributed by atoms with E-state index in [4.69, 9.17) is 5.11 Å². The first-order valence-electron chi connectivity index (χ1n) is 7.06. The minimum absolute atomic E-state index is 0.0920. The van der Waals surface area contributed by atoms with Gasteiger partial charge in [0.15, 0.2) is 0 Å². The Balaban J connectivity index is 1.88. The molecule has 1 aliphatic carbocycles. The molecule has 1 N–H and O–H groups in total. The van der Waals surface area contributed by atoms with Crippen LogP contribution in [0, 0.1) is 17.8 Å². The van der Waals surface area contributed by atoms with Gasteiger partial charge in [0.2, 0.25) is 0 Å². The van der Waals surface area contributed by atoms with Gasteiger partial charge in [-0.15, -0.1) is 0 Å². The lowest BCUT2D eigenvalue weighted by Crippen LogP contribution is -2.50. The predicted octanol–water partition coefficient (Wildman–Crippen LogP) is 2.61. The van der Waals surface area contributed by atoms with Crippen molar-refractivity contribution in [3.8, 4) is 0 Å². The van der Waals surface area contributed by atoms with Gasteiger partial charge >= 0.3 is 5.97 Å². The average molecular weight is 239 g/mol. The highest BCUT2D eigenvalue weighted by atomic mass is 16.4. The summed E-state index contributed by atoms with van der Waals surface area (Å²) < 4.78 is 0. The van der Waals surface area contributed by atoms with Crippen LogP contribution in [0.25, 0.3) is 0 Å². The Morgan fingerprint density at radius 2 is 1.94 bits per heavy atom. The molecule has 0 aromatic rings. The van der Waals surface area contributed by atoms with Gasteiger partial charge in [-0.1, -0.05) is 13.8 Å². The number of hydrogen-bond donors (Lipinski definition) is 1. The molecule has 3 nitrogen and oxygen atoms in total. The molecule has 0 bridgehead atoms. The number of carboxylic acids is 1. The molecule has 98 valence electrons. The van der Waals surface area contributed by atoms with Gasteiger partial charge in [-0.25, -0.2) is 0 Å². The van der Waals surface area contributed by atoms with Crippen LogP contribution in [0.4, 0.5) is 0 Å². The molecule has 17 heavy (non-hydrogen) atoms. The van der Waals surface area contributed by atoms with E-state index in [1.807, 2.05) is 0 Å². The predicted molar refractivity (Wildman–Crippen MR) is 67.9 cm³/mol. The zero-order valence-corrected chi connectivity index (χ0v) is 11.1. The second-order valence-electron chi connectivity index (χ2n) is 6.06. The minimum Gasteiger partial charge on any atom is -0.481 e. The van der Waals surface area contributed by atoms with E-state index in [1.165, 1.54) is 19.3 Å². The molecule has 3 unspecified atom stereocenters. The van der Waals surface area contributed by atoms with E-state index < -0.39 is 5.97 Å². The Morgan fingerprint density at radius 3 is 2.47 bits per heavy atom. The fourth-order valence-corrected chi connectivity index (χ4v) is 3.35. The van der Waals surface area contributed by atoms with Crippen molar-refractivity contribution >= 4 is 5.97 Å². The van der Waals surface area contributed by atoms with Gasteiger partial charge in [0.25, 0.3) is 0 Å². The maximum Gasteiger partial charge on any atom is 0.308 e. The van der Waals surface area contributed by atoms with Gasteiger partial charge in [0.05, 0.1) is 5.92 Å².